The summed E-state index contributed by atoms with van der Waals surface area (Å²) in [6, 6.07) is 26.4. The predicted molar refractivity (Wildman–Crippen MR) is 118 cm³/mol. The molecule has 3 aromatic carbocycles. The summed E-state index contributed by atoms with van der Waals surface area (Å²) in [5.41, 5.74) is 5.33. The van der Waals surface area contributed by atoms with Crippen molar-refractivity contribution >= 4 is 11.6 Å². The first-order valence-electron chi connectivity index (χ1n) is 10.2. The molecule has 3 heterocycles. The third kappa shape index (κ3) is 2.79. The van der Waals surface area contributed by atoms with E-state index in [9.17, 15) is 0 Å². The Hall–Kier alpha value is -4.06. The lowest BCUT2D eigenvalue weighted by Gasteiger charge is -2.39. The average Bonchev–Trinajstić information content (AvgIpc) is 3.31. The van der Waals surface area contributed by atoms with E-state index in [-0.39, 0.29) is 12.1 Å². The highest BCUT2D eigenvalue weighted by atomic mass is 16.5. The predicted octanol–water partition coefficient (Wildman–Crippen LogP) is 4.85. The summed E-state index contributed by atoms with van der Waals surface area (Å²) in [6.45, 7) is 0. The van der Waals surface area contributed by atoms with Crippen molar-refractivity contribution in [3.8, 4) is 11.5 Å². The van der Waals surface area contributed by atoms with Crippen LogP contribution in [0.4, 0.5) is 5.95 Å². The Morgan fingerprint density at radius 1 is 0.903 bits per heavy atom. The van der Waals surface area contributed by atoms with Crippen molar-refractivity contribution in [1.82, 2.24) is 14.8 Å². The molecule has 1 N–H and O–H groups in total. The number of methoxy groups -OCH3 is 1. The van der Waals surface area contributed by atoms with Gasteiger partial charge in [0.05, 0.1) is 12.8 Å². The maximum atomic E-state index is 6.59. The number of nitrogens with zero attached hydrogens (tertiary/aromatic N) is 3. The van der Waals surface area contributed by atoms with Crippen LogP contribution in [0.5, 0.6) is 11.5 Å². The largest absolute Gasteiger partial charge is 0.497 e. The number of para-hydroxylation sites is 1. The smallest absolute Gasteiger partial charge is 0.226 e. The molecule has 0 radical (unpaired) electrons. The number of nitrogens with one attached hydrogen (secondary N) is 1. The maximum absolute atomic E-state index is 6.59. The van der Waals surface area contributed by atoms with Gasteiger partial charge in [-0.3, -0.25) is 0 Å². The first-order valence-corrected chi connectivity index (χ1v) is 10.2. The normalized spacial score (nSPS) is 18.9. The number of anilines is 1. The van der Waals surface area contributed by atoms with E-state index in [1.165, 1.54) is 0 Å². The third-order valence-corrected chi connectivity index (χ3v) is 5.86. The van der Waals surface area contributed by atoms with Crippen LogP contribution in [0.2, 0.25) is 0 Å². The van der Waals surface area contributed by atoms with E-state index in [2.05, 4.69) is 45.7 Å². The molecule has 31 heavy (non-hydrogen) atoms. The van der Waals surface area contributed by atoms with Crippen molar-refractivity contribution in [1.29, 1.82) is 0 Å². The van der Waals surface area contributed by atoms with Gasteiger partial charge in [0.25, 0.3) is 0 Å². The number of rotatable bonds is 3. The maximum Gasteiger partial charge on any atom is 0.226 e. The van der Waals surface area contributed by atoms with E-state index in [1.54, 1.807) is 13.4 Å². The van der Waals surface area contributed by atoms with Crippen molar-refractivity contribution in [2.24, 2.45) is 0 Å². The Bertz CT molecular complexity index is 1280. The fourth-order valence-electron chi connectivity index (χ4n) is 4.43. The van der Waals surface area contributed by atoms with E-state index in [0.29, 0.717) is 5.95 Å². The highest BCUT2D eigenvalue weighted by Gasteiger charge is 2.40. The molecule has 0 bridgehead atoms. The van der Waals surface area contributed by atoms with Gasteiger partial charge in [0.1, 0.15) is 30.0 Å². The molecule has 0 amide bonds. The minimum Gasteiger partial charge on any atom is -0.497 e. The van der Waals surface area contributed by atoms with Crippen LogP contribution in [0.25, 0.3) is 5.70 Å². The van der Waals surface area contributed by atoms with E-state index in [0.717, 1.165) is 39.5 Å². The number of hydrogen-bond donors (Lipinski definition) is 1. The van der Waals surface area contributed by atoms with Crippen LogP contribution < -0.4 is 14.8 Å². The van der Waals surface area contributed by atoms with E-state index in [4.69, 9.17) is 9.47 Å². The molecule has 0 saturated heterocycles. The van der Waals surface area contributed by atoms with Crippen LogP contribution in [0.15, 0.2) is 90.8 Å². The average molecular weight is 408 g/mol. The lowest BCUT2D eigenvalue weighted by atomic mass is 9.84. The standard InChI is InChI=1S/C25H20N4O2/c1-30-18-13-11-16(12-14-18)23-21-22(28-25-26-15-27-29(23)25)19-9-5-6-10-20(19)31-24(21)17-7-3-2-4-8-17/h2-15,23-24H,1H3,(H,26,27,28). The number of ether oxygens (including phenoxy) is 2. The van der Waals surface area contributed by atoms with Gasteiger partial charge in [-0.25, -0.2) is 4.68 Å². The van der Waals surface area contributed by atoms with Gasteiger partial charge in [0.15, 0.2) is 0 Å². The van der Waals surface area contributed by atoms with E-state index >= 15 is 0 Å². The quantitative estimate of drug-likeness (QED) is 0.525. The minimum atomic E-state index is -0.261. The number of benzene rings is 3. The Morgan fingerprint density at radius 3 is 2.48 bits per heavy atom. The zero-order chi connectivity index (χ0) is 20.8. The summed E-state index contributed by atoms with van der Waals surface area (Å²) in [5, 5.41) is 8.08. The molecule has 152 valence electrons. The first-order chi connectivity index (χ1) is 15.3. The van der Waals surface area contributed by atoms with Crippen molar-refractivity contribution in [2.75, 3.05) is 12.4 Å². The van der Waals surface area contributed by atoms with Gasteiger partial charge < -0.3 is 14.8 Å². The molecule has 6 nitrogen and oxygen atoms in total. The van der Waals surface area contributed by atoms with Crippen molar-refractivity contribution < 1.29 is 9.47 Å². The Labute approximate surface area is 179 Å². The van der Waals surface area contributed by atoms with Crippen LogP contribution in [0, 0.1) is 0 Å². The second-order valence-electron chi connectivity index (χ2n) is 7.56. The van der Waals surface area contributed by atoms with E-state index < -0.39 is 0 Å². The molecular weight excluding hydrogens is 388 g/mol. The second kappa shape index (κ2) is 7.02. The number of hydrogen-bond acceptors (Lipinski definition) is 5. The summed E-state index contributed by atoms with van der Waals surface area (Å²) in [5.74, 6) is 2.38. The number of fused-ring (bicyclic) bond motifs is 3. The van der Waals surface area contributed by atoms with Gasteiger partial charge in [0.2, 0.25) is 5.95 Å². The summed E-state index contributed by atoms with van der Waals surface area (Å²) < 4.78 is 13.9. The molecule has 0 spiro atoms. The fraction of sp³-hybridized carbons (Fsp3) is 0.120. The molecule has 2 aliphatic heterocycles. The zero-order valence-electron chi connectivity index (χ0n) is 16.9. The topological polar surface area (TPSA) is 61.2 Å². The molecule has 0 aliphatic carbocycles. The van der Waals surface area contributed by atoms with Gasteiger partial charge in [-0.2, -0.15) is 10.1 Å². The van der Waals surface area contributed by atoms with Gasteiger partial charge in [-0.1, -0.05) is 54.6 Å². The van der Waals surface area contributed by atoms with Crippen molar-refractivity contribution in [3.05, 3.63) is 107 Å². The molecular formula is C25H20N4O2. The monoisotopic (exact) mass is 408 g/mol. The van der Waals surface area contributed by atoms with Crippen LogP contribution in [0.1, 0.15) is 28.8 Å². The SMILES string of the molecule is COc1ccc(C2C3=C(Nc4ncnn42)c2ccccc2OC3c2ccccc2)cc1. The van der Waals surface area contributed by atoms with Crippen LogP contribution in [-0.4, -0.2) is 21.9 Å². The summed E-state index contributed by atoms with van der Waals surface area (Å²) in [4.78, 5) is 4.47. The summed E-state index contributed by atoms with van der Waals surface area (Å²) in [7, 11) is 1.67. The van der Waals surface area contributed by atoms with Gasteiger partial charge >= 0.3 is 0 Å². The van der Waals surface area contributed by atoms with Crippen LogP contribution in [0.3, 0.4) is 0 Å². The Kier molecular flexibility index (Phi) is 4.02. The molecule has 4 aromatic rings. The molecule has 0 saturated carbocycles. The molecule has 0 fully saturated rings. The van der Waals surface area contributed by atoms with Gasteiger partial charge in [-0.05, 0) is 35.4 Å². The highest BCUT2D eigenvalue weighted by Crippen LogP contribution is 2.50. The first kappa shape index (κ1) is 17.8. The second-order valence-corrected chi connectivity index (χ2v) is 7.56. The van der Waals surface area contributed by atoms with Crippen LogP contribution in [-0.2, 0) is 0 Å². The molecule has 2 aliphatic rings. The van der Waals surface area contributed by atoms with Gasteiger partial charge in [0, 0.05) is 11.1 Å². The molecule has 2 unspecified atom stereocenters. The van der Waals surface area contributed by atoms with Crippen molar-refractivity contribution in [3.63, 3.8) is 0 Å². The Morgan fingerprint density at radius 2 is 1.68 bits per heavy atom. The lowest BCUT2D eigenvalue weighted by Crippen LogP contribution is -2.32. The zero-order valence-corrected chi connectivity index (χ0v) is 16.9. The van der Waals surface area contributed by atoms with Crippen molar-refractivity contribution in [2.45, 2.75) is 12.1 Å². The fourth-order valence-corrected chi connectivity index (χ4v) is 4.43. The molecule has 2 atom stereocenters. The third-order valence-electron chi connectivity index (χ3n) is 5.86. The Balaban J connectivity index is 1.61. The summed E-state index contributed by atoms with van der Waals surface area (Å²) >= 11 is 0. The molecule has 6 rings (SSSR count). The highest BCUT2D eigenvalue weighted by molar-refractivity contribution is 5.85. The lowest BCUT2D eigenvalue weighted by molar-refractivity contribution is 0.223. The van der Waals surface area contributed by atoms with Gasteiger partial charge in [-0.15, -0.1) is 0 Å². The summed E-state index contributed by atoms with van der Waals surface area (Å²) in [6.07, 6.45) is 1.32. The molecule has 6 heteroatoms. The minimum absolute atomic E-state index is 0.168. The number of aromatic nitrogens is 3. The van der Waals surface area contributed by atoms with Crippen LogP contribution >= 0.6 is 0 Å². The van der Waals surface area contributed by atoms with E-state index in [1.807, 2.05) is 53.2 Å². The molecule has 1 aromatic heterocycles.